The van der Waals surface area contributed by atoms with Gasteiger partial charge in [0, 0.05) is 15.5 Å². The van der Waals surface area contributed by atoms with Gasteiger partial charge in [-0.2, -0.15) is 9.78 Å². The third-order valence-corrected chi connectivity index (χ3v) is 6.13. The summed E-state index contributed by atoms with van der Waals surface area (Å²) in [5.41, 5.74) is 0.529. The Balaban J connectivity index is 1.90. The molecule has 8 heteroatoms. The zero-order chi connectivity index (χ0) is 26.0. The average Bonchev–Trinajstić information content (AvgIpc) is 2.83. The summed E-state index contributed by atoms with van der Waals surface area (Å²) < 4.78 is 13.2. The number of aromatic nitrogens is 2. The van der Waals surface area contributed by atoms with E-state index < -0.39 is 17.5 Å². The molecule has 3 aromatic carbocycles. The van der Waals surface area contributed by atoms with Crippen LogP contribution in [-0.4, -0.2) is 34.6 Å². The van der Waals surface area contributed by atoms with Crippen molar-refractivity contribution in [1.82, 2.24) is 9.66 Å². The third-order valence-electron chi connectivity index (χ3n) is 5.63. The minimum absolute atomic E-state index is 0.266. The van der Waals surface area contributed by atoms with Crippen LogP contribution in [0.5, 0.6) is 5.75 Å². The maximum absolute atomic E-state index is 13.6. The molecule has 0 aliphatic rings. The molecule has 1 aromatic heterocycles. The van der Waals surface area contributed by atoms with E-state index in [0.717, 1.165) is 15.2 Å². The van der Waals surface area contributed by atoms with Crippen LogP contribution in [0, 0.1) is 0 Å². The monoisotopic (exact) mass is 549 g/mol. The van der Waals surface area contributed by atoms with Crippen LogP contribution in [0.15, 0.2) is 69.0 Å². The molecule has 1 heterocycles. The summed E-state index contributed by atoms with van der Waals surface area (Å²) in [6.07, 6.45) is 0.781. The van der Waals surface area contributed by atoms with Gasteiger partial charge in [0.15, 0.2) is 6.10 Å². The highest BCUT2D eigenvalue weighted by molar-refractivity contribution is 9.10. The van der Waals surface area contributed by atoms with Crippen LogP contribution in [0.4, 0.5) is 0 Å². The Labute approximate surface area is 217 Å². The fraction of sp³-hybridized carbons (Fsp3) is 0.286. The first-order valence-corrected chi connectivity index (χ1v) is 12.5. The van der Waals surface area contributed by atoms with E-state index in [-0.39, 0.29) is 12.2 Å². The molecule has 0 radical (unpaired) electrons. The van der Waals surface area contributed by atoms with Crippen LogP contribution in [0.3, 0.4) is 0 Å². The summed E-state index contributed by atoms with van der Waals surface area (Å²) in [7, 11) is 0. The fourth-order valence-corrected chi connectivity index (χ4v) is 4.23. The molecular formula is C28H28BrN3O4. The highest BCUT2D eigenvalue weighted by Gasteiger charge is 2.23. The zero-order valence-electron chi connectivity index (χ0n) is 20.9. The zero-order valence-corrected chi connectivity index (χ0v) is 22.5. The first-order chi connectivity index (χ1) is 17.1. The molecular weight excluding hydrogens is 522 g/mol. The van der Waals surface area contributed by atoms with E-state index in [1.165, 1.54) is 4.68 Å². The van der Waals surface area contributed by atoms with Gasteiger partial charge in [0.1, 0.15) is 11.6 Å². The maximum Gasteiger partial charge on any atom is 0.347 e. The van der Waals surface area contributed by atoms with Crippen molar-refractivity contribution in [3.63, 3.8) is 0 Å². The number of fused-ring (bicyclic) bond motifs is 2. The van der Waals surface area contributed by atoms with Crippen molar-refractivity contribution in [2.75, 3.05) is 6.61 Å². The lowest BCUT2D eigenvalue weighted by Crippen LogP contribution is -2.29. The quantitative estimate of drug-likeness (QED) is 0.223. The maximum atomic E-state index is 13.6. The van der Waals surface area contributed by atoms with Gasteiger partial charge in [0.05, 0.1) is 23.7 Å². The number of carbonyl (C=O) groups is 1. The van der Waals surface area contributed by atoms with Gasteiger partial charge in [-0.1, -0.05) is 67.0 Å². The molecule has 0 amide bonds. The largest absolute Gasteiger partial charge is 0.478 e. The first-order valence-electron chi connectivity index (χ1n) is 11.7. The van der Waals surface area contributed by atoms with E-state index >= 15 is 0 Å². The molecule has 0 N–H and O–H groups in total. The van der Waals surface area contributed by atoms with Crippen LogP contribution in [0.2, 0.25) is 0 Å². The Bertz CT molecular complexity index is 1540. The Hall–Kier alpha value is -3.52. The molecule has 4 aromatic rings. The van der Waals surface area contributed by atoms with Crippen molar-refractivity contribution in [3.05, 3.63) is 80.8 Å². The molecule has 36 heavy (non-hydrogen) atoms. The summed E-state index contributed by atoms with van der Waals surface area (Å²) in [6.45, 7) is 9.61. The van der Waals surface area contributed by atoms with Crippen molar-refractivity contribution in [2.45, 2.75) is 46.1 Å². The number of ether oxygens (including phenoxy) is 2. The molecule has 186 valence electrons. The van der Waals surface area contributed by atoms with E-state index in [4.69, 9.17) is 14.5 Å². The molecule has 0 spiro atoms. The Kier molecular flexibility index (Phi) is 7.26. The second-order valence-electron chi connectivity index (χ2n) is 9.42. The van der Waals surface area contributed by atoms with Crippen molar-refractivity contribution in [2.24, 2.45) is 5.10 Å². The smallest absolute Gasteiger partial charge is 0.347 e. The van der Waals surface area contributed by atoms with Gasteiger partial charge in [0.2, 0.25) is 0 Å². The van der Waals surface area contributed by atoms with E-state index in [2.05, 4.69) is 21.0 Å². The molecule has 7 nitrogen and oxygen atoms in total. The van der Waals surface area contributed by atoms with Gasteiger partial charge in [-0.3, -0.25) is 4.79 Å². The Morgan fingerprint density at radius 1 is 1.14 bits per heavy atom. The molecule has 0 fully saturated rings. The molecule has 1 atom stereocenters. The van der Waals surface area contributed by atoms with Crippen molar-refractivity contribution in [3.8, 4) is 5.75 Å². The first kappa shape index (κ1) is 25.6. The number of rotatable bonds is 6. The topological polar surface area (TPSA) is 82.8 Å². The van der Waals surface area contributed by atoms with Crippen LogP contribution in [-0.2, 0) is 14.9 Å². The number of nitrogens with zero attached hydrogens (tertiary/aromatic N) is 3. The Morgan fingerprint density at radius 3 is 2.61 bits per heavy atom. The fourth-order valence-electron chi connectivity index (χ4n) is 3.87. The molecule has 0 aliphatic carbocycles. The van der Waals surface area contributed by atoms with Gasteiger partial charge in [-0.15, -0.1) is 0 Å². The molecule has 4 rings (SSSR count). The number of hydrogen-bond donors (Lipinski definition) is 0. The van der Waals surface area contributed by atoms with Crippen molar-refractivity contribution in [1.29, 1.82) is 0 Å². The van der Waals surface area contributed by atoms with Crippen LogP contribution in [0.25, 0.3) is 21.7 Å². The van der Waals surface area contributed by atoms with E-state index in [0.29, 0.717) is 28.0 Å². The summed E-state index contributed by atoms with van der Waals surface area (Å²) >= 11 is 3.44. The number of hydrogen-bond acceptors (Lipinski definition) is 6. The third kappa shape index (κ3) is 5.18. The van der Waals surface area contributed by atoms with E-state index in [1.54, 1.807) is 32.2 Å². The van der Waals surface area contributed by atoms with Gasteiger partial charge in [-0.25, -0.2) is 9.78 Å². The van der Waals surface area contributed by atoms with Gasteiger partial charge < -0.3 is 9.47 Å². The lowest BCUT2D eigenvalue weighted by molar-refractivity contribution is -0.150. The van der Waals surface area contributed by atoms with E-state index in [1.807, 2.05) is 63.2 Å². The number of esters is 1. The molecule has 0 saturated carbocycles. The standard InChI is InChI=1S/C28H28BrN3O4/c1-6-35-26(34)17(2)36-24-14-11-18-9-7-8-10-20(18)22(24)16-30-32-25(33)21-15-19(29)12-13-23(21)31-27(32)28(3,4)5/h7-17H,6H2,1-5H3/t17-/m1/s1. The molecule has 0 bridgehead atoms. The highest BCUT2D eigenvalue weighted by atomic mass is 79.9. The van der Waals surface area contributed by atoms with Crippen LogP contribution >= 0.6 is 15.9 Å². The van der Waals surface area contributed by atoms with Gasteiger partial charge in [-0.05, 0) is 48.9 Å². The summed E-state index contributed by atoms with van der Waals surface area (Å²) in [4.78, 5) is 30.5. The molecule has 0 aliphatic heterocycles. The number of benzene rings is 3. The molecule has 0 unspecified atom stereocenters. The van der Waals surface area contributed by atoms with Gasteiger partial charge >= 0.3 is 5.97 Å². The summed E-state index contributed by atoms with van der Waals surface area (Å²) in [5, 5.41) is 6.93. The minimum Gasteiger partial charge on any atom is -0.478 e. The predicted octanol–water partition coefficient (Wildman–Crippen LogP) is 5.82. The number of carbonyl (C=O) groups excluding carboxylic acids is 1. The predicted molar refractivity (Wildman–Crippen MR) is 146 cm³/mol. The lowest BCUT2D eigenvalue weighted by Gasteiger charge is -2.21. The van der Waals surface area contributed by atoms with Crippen molar-refractivity contribution < 1.29 is 14.3 Å². The van der Waals surface area contributed by atoms with Crippen LogP contribution in [0.1, 0.15) is 46.0 Å². The van der Waals surface area contributed by atoms with Crippen molar-refractivity contribution >= 4 is 49.8 Å². The second kappa shape index (κ2) is 10.2. The van der Waals surface area contributed by atoms with Crippen LogP contribution < -0.4 is 10.3 Å². The lowest BCUT2D eigenvalue weighted by atomic mass is 9.95. The normalized spacial score (nSPS) is 12.8. The highest BCUT2D eigenvalue weighted by Crippen LogP contribution is 2.28. The van der Waals surface area contributed by atoms with E-state index in [9.17, 15) is 9.59 Å². The van der Waals surface area contributed by atoms with Gasteiger partial charge in [0.25, 0.3) is 5.56 Å². The second-order valence-corrected chi connectivity index (χ2v) is 10.3. The Morgan fingerprint density at radius 2 is 1.89 bits per heavy atom. The SMILES string of the molecule is CCOC(=O)[C@@H](C)Oc1ccc2ccccc2c1C=Nn1c(C(C)(C)C)nc2ccc(Br)cc2c1=O. The minimum atomic E-state index is -0.814. The summed E-state index contributed by atoms with van der Waals surface area (Å²) in [5.74, 6) is 0.533. The summed E-state index contributed by atoms with van der Waals surface area (Å²) in [6, 6.07) is 16.9. The average molecular weight is 550 g/mol. The number of halogens is 1. The molecule has 0 saturated heterocycles.